The van der Waals surface area contributed by atoms with Gasteiger partial charge in [0.25, 0.3) is 0 Å². The van der Waals surface area contributed by atoms with Crippen LogP contribution in [0, 0.1) is 50.7 Å². The molecule has 2 N–H and O–H groups in total. The van der Waals surface area contributed by atoms with Crippen molar-refractivity contribution in [2.75, 3.05) is 0 Å². The molecule has 0 saturated heterocycles. The van der Waals surface area contributed by atoms with E-state index >= 15 is 0 Å². The van der Waals surface area contributed by atoms with Crippen molar-refractivity contribution in [2.24, 2.45) is 50.7 Å². The number of fused-ring (bicyclic) bond motifs is 5. The molecule has 4 rings (SSSR count). The van der Waals surface area contributed by atoms with Gasteiger partial charge < -0.3 is 9.79 Å². The molecule has 212 valence electrons. The Morgan fingerprint density at radius 1 is 1.03 bits per heavy atom. The molecule has 0 aromatic rings. The fraction of sp³-hybridized carbons (Fsp3) is 0.903. The van der Waals surface area contributed by atoms with E-state index in [4.69, 9.17) is 4.52 Å². The summed E-state index contributed by atoms with van der Waals surface area (Å²) in [6.45, 7) is 21.1. The highest BCUT2D eigenvalue weighted by Crippen LogP contribution is 2.73. The maximum Gasteiger partial charge on any atom is 0.469 e. The molecule has 8 atom stereocenters. The summed E-state index contributed by atoms with van der Waals surface area (Å²) in [6.07, 6.45) is 10.9. The average molecular weight is 537 g/mol. The van der Waals surface area contributed by atoms with Crippen molar-refractivity contribution in [3.05, 3.63) is 11.6 Å². The Labute approximate surface area is 225 Å². The van der Waals surface area contributed by atoms with Crippen LogP contribution in [-0.4, -0.2) is 21.7 Å². The number of ketones is 1. The minimum atomic E-state index is -4.59. The number of phosphoric ester groups is 1. The molecular weight excluding hydrogens is 483 g/mol. The molecule has 4 aliphatic rings. The van der Waals surface area contributed by atoms with Gasteiger partial charge in [-0.2, -0.15) is 0 Å². The monoisotopic (exact) mass is 536 g/mol. The van der Waals surface area contributed by atoms with Crippen molar-refractivity contribution in [1.29, 1.82) is 0 Å². The number of hydrogen-bond acceptors (Lipinski definition) is 3. The van der Waals surface area contributed by atoms with E-state index in [0.29, 0.717) is 24.2 Å². The molecule has 0 spiro atoms. The van der Waals surface area contributed by atoms with Gasteiger partial charge in [0.2, 0.25) is 0 Å². The summed E-state index contributed by atoms with van der Waals surface area (Å²) in [6, 6.07) is 0. The van der Waals surface area contributed by atoms with Crippen LogP contribution in [0.2, 0.25) is 0 Å². The van der Waals surface area contributed by atoms with Gasteiger partial charge in [0.15, 0.2) is 5.78 Å². The second kappa shape index (κ2) is 9.28. The molecule has 6 heteroatoms. The van der Waals surface area contributed by atoms with Gasteiger partial charge in [0.05, 0.1) is 6.10 Å². The predicted octanol–water partition coefficient (Wildman–Crippen LogP) is 8.10. The van der Waals surface area contributed by atoms with Crippen LogP contribution in [0.5, 0.6) is 0 Å². The van der Waals surface area contributed by atoms with Crippen LogP contribution in [0.3, 0.4) is 0 Å². The topological polar surface area (TPSA) is 83.8 Å². The minimum absolute atomic E-state index is 0.0197. The highest BCUT2D eigenvalue weighted by atomic mass is 31.2. The maximum atomic E-state index is 13.7. The Kier molecular flexibility index (Phi) is 7.40. The average Bonchev–Trinajstić information content (AvgIpc) is 3.00. The summed E-state index contributed by atoms with van der Waals surface area (Å²) < 4.78 is 17.1. The van der Waals surface area contributed by atoms with Crippen LogP contribution >= 0.6 is 7.82 Å². The second-order valence-corrected chi connectivity index (χ2v) is 17.1. The number of carbonyl (C=O) groups is 1. The lowest BCUT2D eigenvalue weighted by atomic mass is 9.42. The van der Waals surface area contributed by atoms with E-state index in [0.717, 1.165) is 19.3 Å². The number of rotatable bonds is 6. The van der Waals surface area contributed by atoms with E-state index in [1.807, 2.05) is 13.0 Å². The molecule has 5 nitrogen and oxygen atoms in total. The van der Waals surface area contributed by atoms with E-state index in [1.165, 1.54) is 31.3 Å². The SMILES string of the molecule is C[C@H]1C[C@H]2C(=O)C=C3C(CC[C@]4(C)[C@@H](C(C)(C)CCCC(C)(C)C)CC[C@@]34C)[C@@]2(C)C[C@@H]1OP(=O)(O)O. The normalized spacial score (nSPS) is 42.6. The Hall–Kier alpha value is -0.480. The van der Waals surface area contributed by atoms with Crippen molar-refractivity contribution >= 4 is 13.6 Å². The highest BCUT2D eigenvalue weighted by Gasteiger charge is 2.66. The lowest BCUT2D eigenvalue weighted by Gasteiger charge is -2.62. The Morgan fingerprint density at radius 3 is 2.27 bits per heavy atom. The van der Waals surface area contributed by atoms with Crippen LogP contribution in [0.4, 0.5) is 0 Å². The molecule has 4 aliphatic carbocycles. The van der Waals surface area contributed by atoms with Gasteiger partial charge in [0, 0.05) is 5.92 Å². The molecule has 0 aliphatic heterocycles. The molecular formula is C31H53O5P. The number of carbonyl (C=O) groups excluding carboxylic acids is 1. The summed E-state index contributed by atoms with van der Waals surface area (Å²) in [5.41, 5.74) is 1.75. The van der Waals surface area contributed by atoms with Crippen molar-refractivity contribution in [3.63, 3.8) is 0 Å². The molecule has 0 aromatic heterocycles. The first kappa shape index (κ1) is 29.5. The zero-order chi connectivity index (χ0) is 27.8. The molecule has 1 unspecified atom stereocenters. The molecule has 0 heterocycles. The third kappa shape index (κ3) is 5.09. The zero-order valence-electron chi connectivity index (χ0n) is 24.9. The van der Waals surface area contributed by atoms with Gasteiger partial charge in [-0.05, 0) is 102 Å². The Balaban J connectivity index is 1.63. The van der Waals surface area contributed by atoms with Crippen molar-refractivity contribution in [1.82, 2.24) is 0 Å². The third-order valence-corrected chi connectivity index (χ3v) is 12.6. The zero-order valence-corrected chi connectivity index (χ0v) is 25.8. The van der Waals surface area contributed by atoms with Gasteiger partial charge in [-0.15, -0.1) is 0 Å². The standard InChI is InChI=1S/C31H53O5P/c1-20-17-23-24(32)18-22-21(29(23,7)19-25(20)36-37(33,34)35)11-15-31(9)26(12-16-30(22,31)8)28(5,6)14-10-13-27(2,3)4/h18,20-21,23,25-26H,10-17,19H2,1-9H3,(H2,33,34,35)/t20-,21?,23-,25-,26+,29+,30-,31+/m0/s1. The summed E-state index contributed by atoms with van der Waals surface area (Å²) in [5, 5.41) is 0. The van der Waals surface area contributed by atoms with Gasteiger partial charge in [-0.25, -0.2) is 4.57 Å². The summed E-state index contributed by atoms with van der Waals surface area (Å²) >= 11 is 0. The van der Waals surface area contributed by atoms with Gasteiger partial charge in [-0.3, -0.25) is 9.32 Å². The van der Waals surface area contributed by atoms with E-state index in [2.05, 4.69) is 55.4 Å². The van der Waals surface area contributed by atoms with Crippen molar-refractivity contribution < 1.29 is 23.7 Å². The molecule has 37 heavy (non-hydrogen) atoms. The molecule has 0 radical (unpaired) electrons. The van der Waals surface area contributed by atoms with Crippen molar-refractivity contribution in [2.45, 2.75) is 126 Å². The first-order chi connectivity index (χ1) is 16.7. The van der Waals surface area contributed by atoms with Crippen LogP contribution < -0.4 is 0 Å². The van der Waals surface area contributed by atoms with E-state index in [-0.39, 0.29) is 45.2 Å². The molecule has 0 bridgehead atoms. The minimum Gasteiger partial charge on any atom is -0.303 e. The molecule has 0 aromatic carbocycles. The van der Waals surface area contributed by atoms with Crippen LogP contribution in [0.25, 0.3) is 0 Å². The molecule has 0 amide bonds. The first-order valence-electron chi connectivity index (χ1n) is 14.7. The summed E-state index contributed by atoms with van der Waals surface area (Å²) in [7, 11) is -4.59. The van der Waals surface area contributed by atoms with E-state index < -0.39 is 13.9 Å². The fourth-order valence-corrected chi connectivity index (χ4v) is 10.4. The van der Waals surface area contributed by atoms with Crippen molar-refractivity contribution in [3.8, 4) is 0 Å². The summed E-state index contributed by atoms with van der Waals surface area (Å²) in [4.78, 5) is 32.8. The Morgan fingerprint density at radius 2 is 1.68 bits per heavy atom. The van der Waals surface area contributed by atoms with E-state index in [1.54, 1.807) is 0 Å². The lowest BCUT2D eigenvalue weighted by Crippen LogP contribution is -2.57. The maximum absolute atomic E-state index is 13.7. The number of phosphoric acid groups is 1. The van der Waals surface area contributed by atoms with Crippen LogP contribution in [0.1, 0.15) is 120 Å². The van der Waals surface area contributed by atoms with Gasteiger partial charge >= 0.3 is 7.82 Å². The largest absolute Gasteiger partial charge is 0.469 e. The van der Waals surface area contributed by atoms with Gasteiger partial charge in [0.1, 0.15) is 0 Å². The Bertz CT molecular complexity index is 988. The highest BCUT2D eigenvalue weighted by molar-refractivity contribution is 7.46. The smallest absolute Gasteiger partial charge is 0.303 e. The molecule has 3 saturated carbocycles. The number of allylic oxidation sites excluding steroid dienone is 2. The number of hydrogen-bond donors (Lipinski definition) is 2. The third-order valence-electron chi connectivity index (χ3n) is 12.0. The van der Waals surface area contributed by atoms with Crippen LogP contribution in [0.15, 0.2) is 11.6 Å². The summed E-state index contributed by atoms with van der Waals surface area (Å²) in [5.74, 6) is 0.968. The molecule has 3 fully saturated rings. The van der Waals surface area contributed by atoms with Gasteiger partial charge in [-0.1, -0.05) is 74.3 Å². The predicted molar refractivity (Wildman–Crippen MR) is 149 cm³/mol. The fourth-order valence-electron chi connectivity index (χ4n) is 9.74. The van der Waals surface area contributed by atoms with E-state index in [9.17, 15) is 19.1 Å². The van der Waals surface area contributed by atoms with Crippen LogP contribution in [-0.2, 0) is 13.9 Å². The second-order valence-electron chi connectivity index (χ2n) is 15.9. The lowest BCUT2D eigenvalue weighted by molar-refractivity contribution is -0.137. The quantitative estimate of drug-likeness (QED) is 0.335. The first-order valence-corrected chi connectivity index (χ1v) is 16.3.